The van der Waals surface area contributed by atoms with Crippen molar-refractivity contribution in [1.29, 1.82) is 4.78 Å². The van der Waals surface area contributed by atoms with Crippen LogP contribution < -0.4 is 4.74 Å². The molecule has 32 heavy (non-hydrogen) atoms. The third-order valence-electron chi connectivity index (χ3n) is 4.38. The molecule has 0 bridgehead atoms. The van der Waals surface area contributed by atoms with Crippen LogP contribution in [-0.2, 0) is 10.5 Å². The number of aliphatic hydroxyl groups excluding tert-OH is 1. The largest absolute Gasteiger partial charge is 0.491 e. The first-order valence-electron chi connectivity index (χ1n) is 10.2. The number of aliphatic hydroxyl groups is 1. The molecule has 0 aliphatic rings. The zero-order valence-corrected chi connectivity index (χ0v) is 20.6. The van der Waals surface area contributed by atoms with Gasteiger partial charge in [0.15, 0.2) is 0 Å². The van der Waals surface area contributed by atoms with Gasteiger partial charge < -0.3 is 9.84 Å². The fourth-order valence-corrected chi connectivity index (χ4v) is 3.08. The lowest BCUT2D eigenvalue weighted by Crippen LogP contribution is -2.36. The summed E-state index contributed by atoms with van der Waals surface area (Å²) >= 11 is 12.0. The Morgan fingerprint density at radius 2 is 1.81 bits per heavy atom. The fourth-order valence-electron chi connectivity index (χ4n) is 2.77. The van der Waals surface area contributed by atoms with Gasteiger partial charge in [0.05, 0.1) is 10.0 Å². The maximum Gasteiger partial charge on any atom is 0.308 e. The van der Waals surface area contributed by atoms with Gasteiger partial charge in [-0.1, -0.05) is 72.5 Å². The van der Waals surface area contributed by atoms with Crippen LogP contribution in [0.4, 0.5) is 0 Å². The first kappa shape index (κ1) is 28.1. The molecule has 0 aromatic heterocycles. The second-order valence-corrected chi connectivity index (χ2v) is 8.49. The van der Waals surface area contributed by atoms with E-state index in [4.69, 9.17) is 41.1 Å². The summed E-state index contributed by atoms with van der Waals surface area (Å²) in [6, 6.07) is 13.4. The van der Waals surface area contributed by atoms with Crippen LogP contribution in [0.5, 0.6) is 5.75 Å². The molecule has 0 radical (unpaired) electrons. The van der Waals surface area contributed by atoms with E-state index >= 15 is 0 Å². The number of unbranched alkanes of at least 4 members (excludes halogenated alkanes) is 1. The first-order valence-corrected chi connectivity index (χ1v) is 12.1. The average Bonchev–Trinajstić information content (AvgIpc) is 2.73. The quantitative estimate of drug-likeness (QED) is 0.425. The first-order chi connectivity index (χ1) is 15.2. The van der Waals surface area contributed by atoms with Crippen molar-refractivity contribution >= 4 is 39.8 Å². The molecule has 9 heteroatoms. The summed E-state index contributed by atoms with van der Waals surface area (Å²) in [5, 5.41) is 11.5. The van der Waals surface area contributed by atoms with Gasteiger partial charge in [-0.3, -0.25) is 4.90 Å². The van der Waals surface area contributed by atoms with Gasteiger partial charge in [0.25, 0.3) is 0 Å². The zero-order valence-electron chi connectivity index (χ0n) is 18.3. The van der Waals surface area contributed by atoms with Crippen LogP contribution in [-0.4, -0.2) is 50.8 Å². The molecule has 1 unspecified atom stereocenters. The fraction of sp³-hybridized carbons (Fsp3) is 0.391. The number of ether oxygens (including phenoxy) is 1. The summed E-state index contributed by atoms with van der Waals surface area (Å²) in [5.74, 6) is 0.782. The molecule has 0 heterocycles. The lowest BCUT2D eigenvalue weighted by atomic mass is 10.2. The summed E-state index contributed by atoms with van der Waals surface area (Å²) in [6.45, 7) is 6.74. The van der Waals surface area contributed by atoms with Crippen LogP contribution >= 0.6 is 23.2 Å². The van der Waals surface area contributed by atoms with E-state index in [9.17, 15) is 5.11 Å². The average molecular weight is 501 g/mol. The third-order valence-corrected chi connectivity index (χ3v) is 5.12. The Kier molecular flexibility index (Phi) is 13.9. The smallest absolute Gasteiger partial charge is 0.308 e. The van der Waals surface area contributed by atoms with Crippen molar-refractivity contribution in [3.8, 4) is 5.75 Å². The lowest BCUT2D eigenvalue weighted by molar-refractivity contribution is 0.0715. The van der Waals surface area contributed by atoms with Crippen LogP contribution in [0.1, 0.15) is 30.9 Å². The van der Waals surface area contributed by atoms with Gasteiger partial charge in [0, 0.05) is 13.1 Å². The minimum absolute atomic E-state index is 0.280. The number of nitrogens with zero attached hydrogens (tertiary/aromatic N) is 1. The Bertz CT molecular complexity index is 945. The van der Waals surface area contributed by atoms with Crippen molar-refractivity contribution in [3.63, 3.8) is 0 Å². The Morgan fingerprint density at radius 3 is 2.41 bits per heavy atom. The molecule has 0 aliphatic heterocycles. The molecule has 0 amide bonds. The van der Waals surface area contributed by atoms with Crippen molar-refractivity contribution in [1.82, 2.24) is 4.90 Å². The molecule has 0 aliphatic carbocycles. The van der Waals surface area contributed by atoms with Crippen molar-refractivity contribution in [2.24, 2.45) is 0 Å². The highest BCUT2D eigenvalue weighted by molar-refractivity contribution is 7.60. The third kappa shape index (κ3) is 12.8. The van der Waals surface area contributed by atoms with Crippen LogP contribution in [0.3, 0.4) is 0 Å². The van der Waals surface area contributed by atoms with E-state index in [0.717, 1.165) is 37.2 Å². The lowest BCUT2D eigenvalue weighted by Gasteiger charge is -2.24. The highest BCUT2D eigenvalue weighted by Gasteiger charge is 2.11. The Balaban J connectivity index is 0.00000118. The number of hydrogen-bond acceptors (Lipinski definition) is 6. The van der Waals surface area contributed by atoms with Crippen molar-refractivity contribution < 1.29 is 18.3 Å². The van der Waals surface area contributed by atoms with E-state index in [1.165, 1.54) is 5.56 Å². The minimum atomic E-state index is -2.61. The Labute approximate surface area is 201 Å². The molecule has 0 saturated heterocycles. The molecule has 2 aromatic rings. The molecule has 2 aromatic carbocycles. The molecule has 0 saturated carbocycles. The number of rotatable bonds is 11. The number of nitrogens with one attached hydrogen (secondary N) is 1. The summed E-state index contributed by atoms with van der Waals surface area (Å²) < 4.78 is 28.5. The van der Waals surface area contributed by atoms with Gasteiger partial charge in [-0.05, 0) is 49.7 Å². The molecule has 2 rings (SSSR count). The molecular weight excluding hydrogens is 471 g/mol. The number of hydrogen-bond donors (Lipinski definition) is 2. The number of benzene rings is 2. The molecule has 0 spiro atoms. The van der Waals surface area contributed by atoms with Gasteiger partial charge in [-0.15, -0.1) is 0 Å². The summed E-state index contributed by atoms with van der Waals surface area (Å²) in [4.78, 5) is 2.24. The highest BCUT2D eigenvalue weighted by atomic mass is 35.5. The van der Waals surface area contributed by atoms with E-state index in [-0.39, 0.29) is 6.61 Å². The predicted molar refractivity (Wildman–Crippen MR) is 131 cm³/mol. The molecular formula is C23H30Cl2N2O4S. The van der Waals surface area contributed by atoms with Crippen molar-refractivity contribution in [2.45, 2.75) is 32.8 Å². The Morgan fingerprint density at radius 1 is 1.16 bits per heavy atom. The van der Waals surface area contributed by atoms with Crippen LogP contribution in [0, 0.1) is 11.7 Å². The maximum absolute atomic E-state index is 10.4. The van der Waals surface area contributed by atoms with Gasteiger partial charge in [-0.25, -0.2) is 0 Å². The summed E-state index contributed by atoms with van der Waals surface area (Å²) in [6.07, 6.45) is 5.77. The molecule has 176 valence electrons. The van der Waals surface area contributed by atoms with E-state index in [1.807, 2.05) is 49.4 Å². The van der Waals surface area contributed by atoms with Gasteiger partial charge in [0.1, 0.15) is 18.5 Å². The minimum Gasteiger partial charge on any atom is -0.491 e. The second-order valence-electron chi connectivity index (χ2n) is 7.20. The van der Waals surface area contributed by atoms with Crippen molar-refractivity contribution in [3.05, 3.63) is 69.7 Å². The van der Waals surface area contributed by atoms with E-state index in [1.54, 1.807) is 6.07 Å². The topological polar surface area (TPSA) is 90.7 Å². The normalized spacial score (nSPS) is 11.8. The predicted octanol–water partition coefficient (Wildman–Crippen LogP) is 5.48. The van der Waals surface area contributed by atoms with E-state index in [0.29, 0.717) is 16.6 Å². The number of aryl methyl sites for hydroxylation is 1. The van der Waals surface area contributed by atoms with Crippen molar-refractivity contribution in [2.75, 3.05) is 26.2 Å². The van der Waals surface area contributed by atoms with E-state index in [2.05, 4.69) is 17.9 Å². The molecule has 2 N–H and O–H groups in total. The summed E-state index contributed by atoms with van der Waals surface area (Å²) in [5.41, 5.74) is 2.19. The van der Waals surface area contributed by atoms with Gasteiger partial charge in [0.2, 0.25) is 0 Å². The molecule has 6 nitrogen and oxygen atoms in total. The number of halogens is 2. The molecule has 1 atom stereocenters. The second kappa shape index (κ2) is 15.8. The van der Waals surface area contributed by atoms with Crippen LogP contribution in [0.2, 0.25) is 10.0 Å². The highest BCUT2D eigenvalue weighted by Crippen LogP contribution is 2.23. The summed E-state index contributed by atoms with van der Waals surface area (Å²) in [7, 11) is -2.61. The SMILES string of the molecule is CCCCN(C/C=C/c1ccc(Cl)c(Cl)c1)CC(O)COc1ccc(C)cc1.N=S(=O)=O. The van der Waals surface area contributed by atoms with Crippen LogP contribution in [0.25, 0.3) is 6.08 Å². The van der Waals surface area contributed by atoms with Crippen LogP contribution in [0.15, 0.2) is 48.5 Å². The zero-order chi connectivity index (χ0) is 23.9. The standard InChI is InChI=1S/C23H29Cl2NO2.HNO2S/c1-3-4-13-26(14-5-6-19-9-12-22(24)23(25)15-19)16-20(27)17-28-21-10-7-18(2)8-11-21;1-4(2)3/h5-12,15,20,27H,3-4,13-14,16-17H2,1-2H3;1H/b6-5+;. The monoisotopic (exact) mass is 500 g/mol. The van der Waals surface area contributed by atoms with Gasteiger partial charge >= 0.3 is 10.5 Å². The Hall–Kier alpha value is -1.90. The van der Waals surface area contributed by atoms with E-state index < -0.39 is 16.6 Å². The molecule has 0 fully saturated rings. The van der Waals surface area contributed by atoms with Gasteiger partial charge in [-0.2, -0.15) is 13.2 Å². The maximum atomic E-state index is 10.4.